The van der Waals surface area contributed by atoms with Crippen molar-refractivity contribution in [1.29, 1.82) is 0 Å². The number of carbonyl (C=O) groups is 2. The molecule has 22 heavy (non-hydrogen) atoms. The molecule has 1 aromatic carbocycles. The van der Waals surface area contributed by atoms with E-state index in [4.69, 9.17) is 14.2 Å². The summed E-state index contributed by atoms with van der Waals surface area (Å²) < 4.78 is 15.4. The smallest absolute Gasteiger partial charge is 0.407 e. The molecule has 2 aliphatic heterocycles. The number of ether oxygens (including phenoxy) is 3. The summed E-state index contributed by atoms with van der Waals surface area (Å²) in [4.78, 5) is 25.2. The normalized spacial score (nSPS) is 19.4. The SMILES string of the molecule is CCOC(=O)NC[C@H]1CC(=O)N(c2ccc3c(c2)OCO3)C1. The Morgan fingerprint density at radius 3 is 3.05 bits per heavy atom. The summed E-state index contributed by atoms with van der Waals surface area (Å²) in [6.45, 7) is 3.27. The molecule has 0 unspecified atom stereocenters. The van der Waals surface area contributed by atoms with Crippen LogP contribution < -0.4 is 19.7 Å². The van der Waals surface area contributed by atoms with E-state index >= 15 is 0 Å². The number of alkyl carbamates (subject to hydrolysis) is 1. The molecule has 118 valence electrons. The number of nitrogens with one attached hydrogen (secondary N) is 1. The Morgan fingerprint density at radius 1 is 1.41 bits per heavy atom. The fourth-order valence-electron chi connectivity index (χ4n) is 2.63. The third-order valence-corrected chi connectivity index (χ3v) is 3.68. The van der Waals surface area contributed by atoms with Crippen LogP contribution in [-0.4, -0.2) is 38.5 Å². The van der Waals surface area contributed by atoms with Gasteiger partial charge in [0.1, 0.15) is 0 Å². The summed E-state index contributed by atoms with van der Waals surface area (Å²) in [5.41, 5.74) is 0.785. The summed E-state index contributed by atoms with van der Waals surface area (Å²) in [7, 11) is 0. The zero-order valence-corrected chi connectivity index (χ0v) is 12.3. The highest BCUT2D eigenvalue weighted by atomic mass is 16.7. The number of anilines is 1. The molecule has 0 saturated carbocycles. The lowest BCUT2D eigenvalue weighted by Crippen LogP contribution is -2.31. The van der Waals surface area contributed by atoms with Crippen LogP contribution in [-0.2, 0) is 9.53 Å². The molecule has 0 aromatic heterocycles. The zero-order chi connectivity index (χ0) is 15.5. The maximum Gasteiger partial charge on any atom is 0.407 e. The van der Waals surface area contributed by atoms with Crippen molar-refractivity contribution in [2.45, 2.75) is 13.3 Å². The standard InChI is InChI=1S/C15H18N2O5/c1-2-20-15(19)16-7-10-5-14(18)17(8-10)11-3-4-12-13(6-11)22-9-21-12/h3-4,6,10H,2,5,7-9H2,1H3,(H,16,19)/t10-/m1/s1. The first-order valence-corrected chi connectivity index (χ1v) is 7.28. The predicted octanol–water partition coefficient (Wildman–Crippen LogP) is 1.51. The Labute approximate surface area is 128 Å². The maximum absolute atomic E-state index is 12.2. The van der Waals surface area contributed by atoms with E-state index in [1.54, 1.807) is 24.0 Å². The third kappa shape index (κ3) is 2.93. The van der Waals surface area contributed by atoms with Gasteiger partial charge in [-0.1, -0.05) is 0 Å². The van der Waals surface area contributed by atoms with Crippen molar-refractivity contribution in [3.05, 3.63) is 18.2 Å². The minimum Gasteiger partial charge on any atom is -0.454 e. The first-order chi connectivity index (χ1) is 10.7. The van der Waals surface area contributed by atoms with Crippen LogP contribution in [0.25, 0.3) is 0 Å². The minimum atomic E-state index is -0.448. The first kappa shape index (κ1) is 14.5. The van der Waals surface area contributed by atoms with E-state index in [1.807, 2.05) is 6.07 Å². The van der Waals surface area contributed by atoms with E-state index in [0.717, 1.165) is 5.69 Å². The van der Waals surface area contributed by atoms with Gasteiger partial charge in [0.25, 0.3) is 0 Å². The number of hydrogen-bond acceptors (Lipinski definition) is 5. The lowest BCUT2D eigenvalue weighted by molar-refractivity contribution is -0.117. The summed E-state index contributed by atoms with van der Waals surface area (Å²) >= 11 is 0. The van der Waals surface area contributed by atoms with Crippen molar-refractivity contribution >= 4 is 17.7 Å². The predicted molar refractivity (Wildman–Crippen MR) is 78.0 cm³/mol. The van der Waals surface area contributed by atoms with E-state index in [1.165, 1.54) is 0 Å². The number of amides is 2. The lowest BCUT2D eigenvalue weighted by Gasteiger charge is -2.17. The van der Waals surface area contributed by atoms with Crippen LogP contribution in [0.15, 0.2) is 18.2 Å². The van der Waals surface area contributed by atoms with Gasteiger partial charge < -0.3 is 24.4 Å². The molecule has 2 heterocycles. The number of fused-ring (bicyclic) bond motifs is 1. The van der Waals surface area contributed by atoms with Crippen LogP contribution >= 0.6 is 0 Å². The molecule has 1 fully saturated rings. The fourth-order valence-corrected chi connectivity index (χ4v) is 2.63. The molecule has 1 aromatic rings. The van der Waals surface area contributed by atoms with E-state index in [0.29, 0.717) is 37.6 Å². The van der Waals surface area contributed by atoms with Crippen LogP contribution in [0, 0.1) is 5.92 Å². The van der Waals surface area contributed by atoms with Gasteiger partial charge in [0, 0.05) is 37.2 Å². The monoisotopic (exact) mass is 306 g/mol. The summed E-state index contributed by atoms with van der Waals surface area (Å²) in [5, 5.41) is 2.68. The molecule has 2 amide bonds. The molecule has 0 radical (unpaired) electrons. The van der Waals surface area contributed by atoms with Gasteiger partial charge in [-0.25, -0.2) is 4.79 Å². The number of hydrogen-bond donors (Lipinski definition) is 1. The van der Waals surface area contributed by atoms with E-state index < -0.39 is 6.09 Å². The van der Waals surface area contributed by atoms with Gasteiger partial charge in [0.05, 0.1) is 6.61 Å². The minimum absolute atomic E-state index is 0.0366. The van der Waals surface area contributed by atoms with Gasteiger partial charge in [0.2, 0.25) is 12.7 Å². The Kier molecular flexibility index (Phi) is 4.04. The second-order valence-electron chi connectivity index (χ2n) is 5.21. The Balaban J connectivity index is 1.61. The van der Waals surface area contributed by atoms with Crippen LogP contribution in [0.1, 0.15) is 13.3 Å². The van der Waals surface area contributed by atoms with Crippen molar-refractivity contribution in [2.75, 3.05) is 31.4 Å². The average Bonchev–Trinajstić information content (AvgIpc) is 3.11. The van der Waals surface area contributed by atoms with Gasteiger partial charge in [0.15, 0.2) is 11.5 Å². The van der Waals surface area contributed by atoms with Crippen molar-refractivity contribution in [1.82, 2.24) is 5.32 Å². The highest BCUT2D eigenvalue weighted by Gasteiger charge is 2.31. The Hall–Kier alpha value is -2.44. The summed E-state index contributed by atoms with van der Waals surface area (Å²) in [5.74, 6) is 1.45. The highest BCUT2D eigenvalue weighted by Crippen LogP contribution is 2.37. The van der Waals surface area contributed by atoms with Crippen molar-refractivity contribution in [2.24, 2.45) is 5.92 Å². The molecule has 2 aliphatic rings. The molecular weight excluding hydrogens is 288 g/mol. The van der Waals surface area contributed by atoms with Gasteiger partial charge in [-0.3, -0.25) is 4.79 Å². The molecular formula is C15H18N2O5. The molecule has 0 spiro atoms. The number of nitrogens with zero attached hydrogens (tertiary/aromatic N) is 1. The fraction of sp³-hybridized carbons (Fsp3) is 0.467. The van der Waals surface area contributed by atoms with E-state index in [9.17, 15) is 9.59 Å². The topological polar surface area (TPSA) is 77.1 Å². The molecule has 1 saturated heterocycles. The van der Waals surface area contributed by atoms with Crippen molar-refractivity contribution < 1.29 is 23.8 Å². The van der Waals surface area contributed by atoms with Gasteiger partial charge in [-0.05, 0) is 19.1 Å². The quantitative estimate of drug-likeness (QED) is 0.912. The second kappa shape index (κ2) is 6.13. The van der Waals surface area contributed by atoms with Crippen LogP contribution in [0.2, 0.25) is 0 Å². The van der Waals surface area contributed by atoms with Crippen molar-refractivity contribution in [3.63, 3.8) is 0 Å². The molecule has 7 heteroatoms. The number of rotatable bonds is 4. The second-order valence-corrected chi connectivity index (χ2v) is 5.21. The number of carbonyl (C=O) groups excluding carboxylic acids is 2. The molecule has 1 atom stereocenters. The summed E-state index contributed by atoms with van der Waals surface area (Å²) in [6, 6.07) is 5.45. The van der Waals surface area contributed by atoms with Crippen LogP contribution in [0.3, 0.4) is 0 Å². The Morgan fingerprint density at radius 2 is 2.23 bits per heavy atom. The average molecular weight is 306 g/mol. The largest absolute Gasteiger partial charge is 0.454 e. The van der Waals surface area contributed by atoms with Gasteiger partial charge in [-0.15, -0.1) is 0 Å². The van der Waals surface area contributed by atoms with E-state index in [-0.39, 0.29) is 18.6 Å². The maximum atomic E-state index is 12.2. The van der Waals surface area contributed by atoms with E-state index in [2.05, 4.69) is 5.32 Å². The molecule has 3 rings (SSSR count). The first-order valence-electron chi connectivity index (χ1n) is 7.28. The van der Waals surface area contributed by atoms with Crippen molar-refractivity contribution in [3.8, 4) is 11.5 Å². The highest BCUT2D eigenvalue weighted by molar-refractivity contribution is 5.96. The van der Waals surface area contributed by atoms with Gasteiger partial charge >= 0.3 is 6.09 Å². The summed E-state index contributed by atoms with van der Waals surface area (Å²) in [6.07, 6.45) is -0.0441. The third-order valence-electron chi connectivity index (χ3n) is 3.68. The van der Waals surface area contributed by atoms with Crippen LogP contribution in [0.5, 0.6) is 11.5 Å². The molecule has 1 N–H and O–H groups in total. The molecule has 7 nitrogen and oxygen atoms in total. The molecule has 0 aliphatic carbocycles. The van der Waals surface area contributed by atoms with Gasteiger partial charge in [-0.2, -0.15) is 0 Å². The number of benzene rings is 1. The molecule has 0 bridgehead atoms. The van der Waals surface area contributed by atoms with Crippen LogP contribution in [0.4, 0.5) is 10.5 Å². The zero-order valence-electron chi connectivity index (χ0n) is 12.3. The Bertz CT molecular complexity index is 589. The lowest BCUT2D eigenvalue weighted by atomic mass is 10.1.